The molecule has 0 radical (unpaired) electrons. The third-order valence-corrected chi connectivity index (χ3v) is 6.16. The van der Waals surface area contributed by atoms with Crippen molar-refractivity contribution in [3.63, 3.8) is 0 Å². The highest BCUT2D eigenvalue weighted by molar-refractivity contribution is 5.88. The summed E-state index contributed by atoms with van der Waals surface area (Å²) in [7, 11) is 3.91. The molecule has 0 saturated heterocycles. The van der Waals surface area contributed by atoms with E-state index in [1.807, 2.05) is 50.2 Å². The minimum Gasteiger partial charge on any atom is -0.492 e. The van der Waals surface area contributed by atoms with Crippen LogP contribution >= 0.6 is 0 Å². The lowest BCUT2D eigenvalue weighted by molar-refractivity contribution is 0.111. The highest BCUT2D eigenvalue weighted by atomic mass is 16.5. The van der Waals surface area contributed by atoms with Crippen molar-refractivity contribution in [1.82, 2.24) is 9.97 Å². The van der Waals surface area contributed by atoms with Gasteiger partial charge in [-0.3, -0.25) is 9.59 Å². The molecule has 1 N–H and O–H groups in total. The molecule has 8 heteroatoms. The predicted molar refractivity (Wildman–Crippen MR) is 139 cm³/mol. The van der Waals surface area contributed by atoms with Gasteiger partial charge in [-0.15, -0.1) is 0 Å². The van der Waals surface area contributed by atoms with E-state index in [0.29, 0.717) is 35.1 Å². The van der Waals surface area contributed by atoms with Crippen LogP contribution in [0.4, 0.5) is 28.8 Å². The first-order chi connectivity index (χ1) is 17.0. The number of para-hydroxylation sites is 1. The molecule has 8 nitrogen and oxygen atoms in total. The highest BCUT2D eigenvalue weighted by Crippen LogP contribution is 2.40. The second-order valence-corrected chi connectivity index (χ2v) is 8.71. The second-order valence-electron chi connectivity index (χ2n) is 8.71. The maximum absolute atomic E-state index is 11.9. The molecule has 0 aliphatic heterocycles. The molecule has 2 aromatic carbocycles. The van der Waals surface area contributed by atoms with E-state index in [1.165, 1.54) is 0 Å². The monoisotopic (exact) mass is 473 g/mol. The van der Waals surface area contributed by atoms with Crippen LogP contribution in [0.25, 0.3) is 0 Å². The summed E-state index contributed by atoms with van der Waals surface area (Å²) in [5.41, 5.74) is 3.51. The Morgan fingerprint density at radius 1 is 1.06 bits per heavy atom. The Morgan fingerprint density at radius 2 is 1.83 bits per heavy atom. The normalized spacial score (nSPS) is 13.3. The number of hydrogen-bond acceptors (Lipinski definition) is 8. The lowest BCUT2D eigenvalue weighted by atomic mass is 10.1. The van der Waals surface area contributed by atoms with Gasteiger partial charge in [0.05, 0.1) is 29.9 Å². The van der Waals surface area contributed by atoms with Crippen LogP contribution in [-0.4, -0.2) is 49.3 Å². The predicted octanol–water partition coefficient (Wildman–Crippen LogP) is 5.39. The van der Waals surface area contributed by atoms with Crippen LogP contribution < -0.4 is 19.9 Å². The van der Waals surface area contributed by atoms with Gasteiger partial charge in [0.15, 0.2) is 12.1 Å². The average molecular weight is 474 g/mol. The second kappa shape index (κ2) is 11.0. The van der Waals surface area contributed by atoms with Gasteiger partial charge in [-0.25, -0.2) is 4.98 Å². The molecule has 1 saturated carbocycles. The molecular weight excluding hydrogens is 442 g/mol. The van der Waals surface area contributed by atoms with Gasteiger partial charge in [0, 0.05) is 31.3 Å². The summed E-state index contributed by atoms with van der Waals surface area (Å²) in [6.45, 7) is 2.35. The molecule has 1 aliphatic rings. The van der Waals surface area contributed by atoms with Gasteiger partial charge in [-0.2, -0.15) is 4.98 Å². The van der Waals surface area contributed by atoms with Crippen LogP contribution in [0, 0.1) is 0 Å². The number of nitrogens with zero attached hydrogens (tertiary/aromatic N) is 4. The lowest BCUT2D eigenvalue weighted by Crippen LogP contribution is -2.32. The SMILES string of the molecule is CCOc1cc(C=O)ccc1Nc1ncc(N(C)C)c(N(c2ccccc2C=O)C2CCCC2)n1. The van der Waals surface area contributed by atoms with Crippen molar-refractivity contribution in [2.24, 2.45) is 0 Å². The summed E-state index contributed by atoms with van der Waals surface area (Å²) in [5, 5.41) is 3.26. The Bertz CT molecular complexity index is 1190. The fourth-order valence-corrected chi connectivity index (χ4v) is 4.48. The Hall–Kier alpha value is -3.94. The zero-order chi connectivity index (χ0) is 24.8. The molecular formula is C27H31N5O3. The number of benzene rings is 2. The molecule has 0 bridgehead atoms. The zero-order valence-corrected chi connectivity index (χ0v) is 20.4. The summed E-state index contributed by atoms with van der Waals surface area (Å²) >= 11 is 0. The van der Waals surface area contributed by atoms with Gasteiger partial charge in [-0.1, -0.05) is 25.0 Å². The Labute approximate surface area is 205 Å². The van der Waals surface area contributed by atoms with Crippen molar-refractivity contribution in [2.75, 3.05) is 35.8 Å². The number of ether oxygens (including phenoxy) is 1. The first-order valence-corrected chi connectivity index (χ1v) is 11.9. The fraction of sp³-hybridized carbons (Fsp3) is 0.333. The van der Waals surface area contributed by atoms with E-state index in [4.69, 9.17) is 9.72 Å². The molecule has 1 heterocycles. The summed E-state index contributed by atoms with van der Waals surface area (Å²) in [5.74, 6) is 1.69. The average Bonchev–Trinajstić information content (AvgIpc) is 3.40. The summed E-state index contributed by atoms with van der Waals surface area (Å²) < 4.78 is 5.74. The van der Waals surface area contributed by atoms with Crippen molar-refractivity contribution in [3.8, 4) is 5.75 Å². The first-order valence-electron chi connectivity index (χ1n) is 11.9. The van der Waals surface area contributed by atoms with E-state index in [1.54, 1.807) is 24.4 Å². The maximum Gasteiger partial charge on any atom is 0.229 e. The Morgan fingerprint density at radius 3 is 2.51 bits per heavy atom. The van der Waals surface area contributed by atoms with Crippen LogP contribution in [0.15, 0.2) is 48.7 Å². The standard InChI is InChI=1S/C27H31N5O3/c1-4-35-25-15-19(17-33)13-14-22(25)29-27-28-16-24(31(2)3)26(30-27)32(21-10-6-7-11-21)23-12-8-5-9-20(23)18-34/h5,8-9,12-18,21H,4,6-7,10-11H2,1-3H3,(H,28,29,30). The highest BCUT2D eigenvalue weighted by Gasteiger charge is 2.29. The van der Waals surface area contributed by atoms with Crippen molar-refractivity contribution in [1.29, 1.82) is 0 Å². The van der Waals surface area contributed by atoms with E-state index in [2.05, 4.69) is 15.2 Å². The van der Waals surface area contributed by atoms with E-state index in [9.17, 15) is 9.59 Å². The number of carbonyl (C=O) groups excluding carboxylic acids is 2. The van der Waals surface area contributed by atoms with E-state index in [0.717, 1.165) is 55.4 Å². The van der Waals surface area contributed by atoms with Gasteiger partial charge >= 0.3 is 0 Å². The first kappa shape index (κ1) is 24.2. The van der Waals surface area contributed by atoms with Gasteiger partial charge in [0.1, 0.15) is 12.0 Å². The Kier molecular flexibility index (Phi) is 7.60. The van der Waals surface area contributed by atoms with Crippen LogP contribution in [0.2, 0.25) is 0 Å². The van der Waals surface area contributed by atoms with Gasteiger partial charge in [0.25, 0.3) is 0 Å². The van der Waals surface area contributed by atoms with E-state index in [-0.39, 0.29) is 6.04 Å². The number of hydrogen-bond donors (Lipinski definition) is 1. The molecule has 3 aromatic rings. The molecule has 0 amide bonds. The maximum atomic E-state index is 11.9. The third-order valence-electron chi connectivity index (χ3n) is 6.16. The summed E-state index contributed by atoms with van der Waals surface area (Å²) in [6, 6.07) is 13.1. The molecule has 0 spiro atoms. The minimum atomic E-state index is 0.225. The molecule has 35 heavy (non-hydrogen) atoms. The van der Waals surface area contributed by atoms with Crippen LogP contribution in [0.5, 0.6) is 5.75 Å². The molecule has 1 aromatic heterocycles. The van der Waals surface area contributed by atoms with Crippen LogP contribution in [0.3, 0.4) is 0 Å². The third kappa shape index (κ3) is 5.26. The quantitative estimate of drug-likeness (QED) is 0.392. The fourth-order valence-electron chi connectivity index (χ4n) is 4.48. The number of rotatable bonds is 10. The lowest BCUT2D eigenvalue weighted by Gasteiger charge is -2.34. The number of aromatic nitrogens is 2. The van der Waals surface area contributed by atoms with Gasteiger partial charge < -0.3 is 19.9 Å². The molecule has 182 valence electrons. The van der Waals surface area contributed by atoms with E-state index >= 15 is 0 Å². The molecule has 1 aliphatic carbocycles. The van der Waals surface area contributed by atoms with Crippen LogP contribution in [-0.2, 0) is 0 Å². The topological polar surface area (TPSA) is 87.7 Å². The van der Waals surface area contributed by atoms with Gasteiger partial charge in [-0.05, 0) is 50.1 Å². The minimum absolute atomic E-state index is 0.225. The summed E-state index contributed by atoms with van der Waals surface area (Å²) in [6.07, 6.45) is 7.79. The summed E-state index contributed by atoms with van der Waals surface area (Å²) in [4.78, 5) is 36.9. The number of nitrogens with one attached hydrogen (secondary N) is 1. The van der Waals surface area contributed by atoms with Gasteiger partial charge in [0.2, 0.25) is 5.95 Å². The van der Waals surface area contributed by atoms with Crippen LogP contribution in [0.1, 0.15) is 53.3 Å². The smallest absolute Gasteiger partial charge is 0.229 e. The van der Waals surface area contributed by atoms with Crippen molar-refractivity contribution in [2.45, 2.75) is 38.6 Å². The molecule has 0 atom stereocenters. The molecule has 4 rings (SSSR count). The van der Waals surface area contributed by atoms with Crippen molar-refractivity contribution < 1.29 is 14.3 Å². The molecule has 1 fully saturated rings. The zero-order valence-electron chi connectivity index (χ0n) is 20.4. The largest absolute Gasteiger partial charge is 0.492 e. The van der Waals surface area contributed by atoms with Crippen molar-refractivity contribution >= 4 is 41.4 Å². The van der Waals surface area contributed by atoms with Crippen molar-refractivity contribution in [3.05, 3.63) is 59.8 Å². The Balaban J connectivity index is 1.81. The van der Waals surface area contributed by atoms with E-state index < -0.39 is 0 Å². The molecule has 0 unspecified atom stereocenters. The number of carbonyl (C=O) groups is 2. The number of aldehydes is 2. The number of anilines is 5.